The Bertz CT molecular complexity index is 580. The van der Waals surface area contributed by atoms with Gasteiger partial charge in [-0.3, -0.25) is 19.7 Å². The molecule has 1 aromatic rings. The van der Waals surface area contributed by atoms with Crippen LogP contribution in [0.5, 0.6) is 17.2 Å². The molecule has 0 saturated heterocycles. The summed E-state index contributed by atoms with van der Waals surface area (Å²) in [4.78, 5) is 33.0. The summed E-state index contributed by atoms with van der Waals surface area (Å²) in [6.45, 7) is 2.30. The zero-order chi connectivity index (χ0) is 15.4. The molecule has 1 rings (SSSR count). The molecular weight excluding hydrogens is 270 g/mol. The number of hydrogen-bond acceptors (Lipinski definition) is 7. The summed E-state index contributed by atoms with van der Waals surface area (Å²) in [5, 5.41) is 11.1. The lowest BCUT2D eigenvalue weighted by molar-refractivity contribution is -0.386. The fraction of sp³-hybridized carbons (Fsp3) is 0.333. The molecule has 0 spiro atoms. The molecule has 0 fully saturated rings. The summed E-state index contributed by atoms with van der Waals surface area (Å²) in [5.41, 5.74) is -0.767. The summed E-state index contributed by atoms with van der Waals surface area (Å²) in [5.74, 6) is -1.82. The van der Waals surface area contributed by atoms with Gasteiger partial charge in [0, 0.05) is 13.0 Å². The minimum absolute atomic E-state index is 0.00662. The molecule has 8 heteroatoms. The van der Waals surface area contributed by atoms with Gasteiger partial charge in [-0.25, -0.2) is 0 Å². The van der Waals surface area contributed by atoms with E-state index in [1.807, 2.05) is 0 Å². The van der Waals surface area contributed by atoms with Crippen LogP contribution in [0.2, 0.25) is 0 Å². The van der Waals surface area contributed by atoms with Gasteiger partial charge in [-0.1, -0.05) is 0 Å². The second-order valence-corrected chi connectivity index (χ2v) is 3.74. The van der Waals surface area contributed by atoms with E-state index in [0.29, 0.717) is 0 Å². The lowest BCUT2D eigenvalue weighted by Crippen LogP contribution is -2.09. The second-order valence-electron chi connectivity index (χ2n) is 3.74. The summed E-state index contributed by atoms with van der Waals surface area (Å²) in [7, 11) is 2.44. The Labute approximate surface area is 114 Å². The maximum Gasteiger partial charge on any atom is 0.325 e. The van der Waals surface area contributed by atoms with Gasteiger partial charge < -0.3 is 14.2 Å². The van der Waals surface area contributed by atoms with Crippen molar-refractivity contribution in [1.82, 2.24) is 0 Å². The lowest BCUT2D eigenvalue weighted by Gasteiger charge is -2.14. The first-order valence-corrected chi connectivity index (χ1v) is 5.46. The third-order valence-corrected chi connectivity index (χ3v) is 2.41. The topological polar surface area (TPSA) is 105 Å². The van der Waals surface area contributed by atoms with Crippen molar-refractivity contribution in [2.24, 2.45) is 0 Å². The Balaban J connectivity index is 3.75. The number of esters is 1. The molecule has 0 heterocycles. The van der Waals surface area contributed by atoms with E-state index in [1.165, 1.54) is 21.1 Å². The summed E-state index contributed by atoms with van der Waals surface area (Å²) >= 11 is 0. The molecule has 0 saturated carbocycles. The van der Waals surface area contributed by atoms with Crippen molar-refractivity contribution < 1.29 is 28.7 Å². The highest BCUT2D eigenvalue weighted by molar-refractivity contribution is 6.00. The monoisotopic (exact) mass is 283 g/mol. The van der Waals surface area contributed by atoms with Crippen molar-refractivity contribution in [3.05, 3.63) is 21.7 Å². The Morgan fingerprint density at radius 2 is 1.75 bits per heavy atom. The van der Waals surface area contributed by atoms with Crippen LogP contribution in [0, 0.1) is 10.1 Å². The predicted molar refractivity (Wildman–Crippen MR) is 67.5 cm³/mol. The molecule has 0 radical (unpaired) electrons. The van der Waals surface area contributed by atoms with Crippen LogP contribution >= 0.6 is 0 Å². The number of hydrogen-bond donors (Lipinski definition) is 0. The van der Waals surface area contributed by atoms with E-state index in [4.69, 9.17) is 14.2 Å². The lowest BCUT2D eigenvalue weighted by atomic mass is 10.1. The minimum atomic E-state index is -0.776. The van der Waals surface area contributed by atoms with Gasteiger partial charge >= 0.3 is 11.7 Å². The van der Waals surface area contributed by atoms with Crippen LogP contribution in [0.25, 0.3) is 0 Å². The van der Waals surface area contributed by atoms with Crippen LogP contribution in [0.15, 0.2) is 6.07 Å². The van der Waals surface area contributed by atoms with Crippen molar-refractivity contribution in [1.29, 1.82) is 0 Å². The fourth-order valence-electron chi connectivity index (χ4n) is 1.64. The van der Waals surface area contributed by atoms with Crippen molar-refractivity contribution in [3.8, 4) is 17.2 Å². The van der Waals surface area contributed by atoms with Crippen LogP contribution < -0.4 is 14.2 Å². The third kappa shape index (κ3) is 2.85. The Morgan fingerprint density at radius 1 is 1.15 bits per heavy atom. The number of nitro groups is 1. The quantitative estimate of drug-likeness (QED) is 0.266. The minimum Gasteiger partial charge on any atom is -0.493 e. The van der Waals surface area contributed by atoms with Crippen molar-refractivity contribution in [2.75, 3.05) is 14.2 Å². The first-order valence-electron chi connectivity index (χ1n) is 5.46. The molecule has 1 aromatic carbocycles. The summed E-state index contributed by atoms with van der Waals surface area (Å²) < 4.78 is 14.8. The Morgan fingerprint density at radius 3 is 2.10 bits per heavy atom. The van der Waals surface area contributed by atoms with Gasteiger partial charge in [-0.05, 0) is 6.92 Å². The van der Waals surface area contributed by atoms with E-state index in [9.17, 15) is 19.7 Å². The normalized spacial score (nSPS) is 9.80. The molecule has 20 heavy (non-hydrogen) atoms. The van der Waals surface area contributed by atoms with E-state index < -0.39 is 22.4 Å². The van der Waals surface area contributed by atoms with Crippen molar-refractivity contribution in [2.45, 2.75) is 13.8 Å². The average Bonchev–Trinajstić information content (AvgIpc) is 2.36. The van der Waals surface area contributed by atoms with Crippen molar-refractivity contribution in [3.63, 3.8) is 0 Å². The number of ketones is 1. The van der Waals surface area contributed by atoms with Crippen LogP contribution in [0.1, 0.15) is 24.2 Å². The summed E-state index contributed by atoms with van der Waals surface area (Å²) in [6, 6.07) is 1.14. The van der Waals surface area contributed by atoms with Gasteiger partial charge in [-0.2, -0.15) is 0 Å². The third-order valence-electron chi connectivity index (χ3n) is 2.41. The van der Waals surface area contributed by atoms with E-state index >= 15 is 0 Å². The van der Waals surface area contributed by atoms with Gasteiger partial charge in [0.25, 0.3) is 0 Å². The van der Waals surface area contributed by atoms with E-state index in [-0.39, 0.29) is 22.8 Å². The fourth-order valence-corrected chi connectivity index (χ4v) is 1.64. The molecule has 0 amide bonds. The molecule has 0 aromatic heterocycles. The number of ether oxygens (including phenoxy) is 3. The molecule has 8 nitrogen and oxygen atoms in total. The van der Waals surface area contributed by atoms with Crippen LogP contribution in [0.3, 0.4) is 0 Å². The number of rotatable bonds is 5. The van der Waals surface area contributed by atoms with Gasteiger partial charge in [0.2, 0.25) is 11.5 Å². The number of carbonyl (C=O) groups excluding carboxylic acids is 2. The molecule has 0 aliphatic heterocycles. The predicted octanol–water partition coefficient (Wildman–Crippen LogP) is 1.74. The van der Waals surface area contributed by atoms with Crippen LogP contribution in [-0.4, -0.2) is 30.9 Å². The number of nitro benzene ring substituents is 1. The van der Waals surface area contributed by atoms with Gasteiger partial charge in [0.15, 0.2) is 11.5 Å². The first-order chi connectivity index (χ1) is 9.33. The Kier molecular flexibility index (Phi) is 4.63. The highest BCUT2D eigenvalue weighted by Gasteiger charge is 2.31. The molecule has 0 N–H and O–H groups in total. The Hall–Kier alpha value is -2.64. The van der Waals surface area contributed by atoms with Gasteiger partial charge in [0.05, 0.1) is 19.1 Å². The highest BCUT2D eigenvalue weighted by Crippen LogP contribution is 2.46. The highest BCUT2D eigenvalue weighted by atomic mass is 16.6. The zero-order valence-corrected chi connectivity index (χ0v) is 11.4. The molecule has 0 unspecified atom stereocenters. The number of Topliss-reactive ketones (excluding diaryl/α,β-unsaturated/α-hetero) is 1. The molecular formula is C12H13NO7. The van der Waals surface area contributed by atoms with Gasteiger partial charge in [0.1, 0.15) is 5.56 Å². The largest absolute Gasteiger partial charge is 0.493 e. The maximum absolute atomic E-state index is 11.5. The SMILES string of the molecule is COc1cc(C(C)=O)c([N+](=O)[O-])c(OC)c1OC(C)=O. The summed E-state index contributed by atoms with van der Waals surface area (Å²) in [6.07, 6.45) is 0. The molecule has 0 aliphatic carbocycles. The average molecular weight is 283 g/mol. The first kappa shape index (κ1) is 15.4. The molecule has 108 valence electrons. The van der Waals surface area contributed by atoms with Crippen LogP contribution in [0.4, 0.5) is 5.69 Å². The second kappa shape index (κ2) is 6.00. The van der Waals surface area contributed by atoms with E-state index in [2.05, 4.69) is 0 Å². The number of benzene rings is 1. The standard InChI is InChI=1S/C12H13NO7/c1-6(14)8-5-9(18-3)11(20-7(2)15)12(19-4)10(8)13(16)17/h5H,1-4H3. The number of methoxy groups -OCH3 is 2. The smallest absolute Gasteiger partial charge is 0.325 e. The van der Waals surface area contributed by atoms with E-state index in [0.717, 1.165) is 13.0 Å². The zero-order valence-electron chi connectivity index (χ0n) is 11.4. The van der Waals surface area contributed by atoms with Crippen LogP contribution in [-0.2, 0) is 4.79 Å². The molecule has 0 bridgehead atoms. The van der Waals surface area contributed by atoms with Crippen molar-refractivity contribution >= 4 is 17.4 Å². The number of nitrogens with zero attached hydrogens (tertiary/aromatic N) is 1. The van der Waals surface area contributed by atoms with E-state index in [1.54, 1.807) is 0 Å². The van der Waals surface area contributed by atoms with Gasteiger partial charge in [-0.15, -0.1) is 0 Å². The number of carbonyl (C=O) groups is 2. The maximum atomic E-state index is 11.5. The molecule has 0 aliphatic rings. The molecule has 0 atom stereocenters.